The van der Waals surface area contributed by atoms with Crippen molar-refractivity contribution in [2.45, 2.75) is 12.2 Å². The third kappa shape index (κ3) is 6.79. The summed E-state index contributed by atoms with van der Waals surface area (Å²) in [6.07, 6.45) is -1.79. The third-order valence-corrected chi connectivity index (χ3v) is 8.93. The molecule has 0 bridgehead atoms. The number of rotatable bonds is 8. The van der Waals surface area contributed by atoms with Crippen LogP contribution < -0.4 is 0 Å². The second-order valence-corrected chi connectivity index (χ2v) is 12.2. The van der Waals surface area contributed by atoms with Gasteiger partial charge in [-0.25, -0.2) is 27.5 Å². The summed E-state index contributed by atoms with van der Waals surface area (Å²) in [5.74, 6) is -1.64. The van der Waals surface area contributed by atoms with Crippen LogP contribution in [-0.4, -0.2) is 69.2 Å². The van der Waals surface area contributed by atoms with E-state index in [1.165, 1.54) is 48.5 Å². The van der Waals surface area contributed by atoms with E-state index >= 15 is 0 Å². The molecule has 1 aliphatic rings. The van der Waals surface area contributed by atoms with Gasteiger partial charge in [0, 0.05) is 73.3 Å². The van der Waals surface area contributed by atoms with Crippen molar-refractivity contribution in [3.8, 4) is 22.5 Å². The van der Waals surface area contributed by atoms with E-state index in [2.05, 4.69) is 19.8 Å². The fourth-order valence-corrected chi connectivity index (χ4v) is 6.39. The zero-order valence-electron chi connectivity index (χ0n) is 25.8. The maximum Gasteiger partial charge on any atom is 0.125 e. The normalized spacial score (nSPS) is 15.6. The quantitative estimate of drug-likeness (QED) is 0.172. The average molecular weight is 653 g/mol. The van der Waals surface area contributed by atoms with Crippen molar-refractivity contribution in [2.75, 3.05) is 39.3 Å². The molecule has 244 valence electrons. The minimum Gasteiger partial charge on any atom is -0.387 e. The average Bonchev–Trinajstić information content (AvgIpc) is 3.08. The second kappa shape index (κ2) is 13.4. The molecule has 0 spiro atoms. The van der Waals surface area contributed by atoms with Gasteiger partial charge in [0.25, 0.3) is 0 Å². The Balaban J connectivity index is 1.06. The van der Waals surface area contributed by atoms with Gasteiger partial charge in [0.2, 0.25) is 0 Å². The van der Waals surface area contributed by atoms with E-state index < -0.39 is 23.8 Å². The molecule has 0 aliphatic carbocycles. The van der Waals surface area contributed by atoms with Crippen LogP contribution in [0.15, 0.2) is 97.1 Å². The number of pyridine rings is 2. The van der Waals surface area contributed by atoms with Crippen molar-refractivity contribution in [2.24, 2.45) is 0 Å². The molecule has 2 atom stereocenters. The van der Waals surface area contributed by atoms with Gasteiger partial charge >= 0.3 is 0 Å². The Labute approximate surface area is 274 Å². The fourth-order valence-electron chi connectivity index (χ4n) is 6.39. The fraction of sp³-hybridized carbons (Fsp3) is 0.211. The van der Waals surface area contributed by atoms with Crippen LogP contribution in [0.4, 0.5) is 17.6 Å². The monoisotopic (exact) mass is 652 g/mol. The molecule has 6 nitrogen and oxygen atoms in total. The zero-order valence-corrected chi connectivity index (χ0v) is 25.8. The molecule has 0 saturated carbocycles. The highest BCUT2D eigenvalue weighted by molar-refractivity contribution is 5.86. The molecule has 4 aromatic carbocycles. The summed E-state index contributed by atoms with van der Waals surface area (Å²) in [5, 5.41) is 24.2. The van der Waals surface area contributed by atoms with E-state index in [4.69, 9.17) is 0 Å². The number of hydrogen-bond acceptors (Lipinski definition) is 6. The molecular formula is C38H32F4N4O2. The molecule has 48 heavy (non-hydrogen) atoms. The number of fused-ring (bicyclic) bond motifs is 2. The first kappa shape index (κ1) is 31.8. The van der Waals surface area contributed by atoms with Gasteiger partial charge < -0.3 is 10.2 Å². The molecule has 1 saturated heterocycles. The van der Waals surface area contributed by atoms with Gasteiger partial charge in [-0.3, -0.25) is 9.80 Å². The number of benzene rings is 4. The van der Waals surface area contributed by atoms with E-state index in [0.717, 1.165) is 0 Å². The molecule has 3 heterocycles. The molecule has 0 radical (unpaired) electrons. The Bertz CT molecular complexity index is 1930. The SMILES string of the molecule is OC(CN1CCN(CC(O)c2cc(-c3ccc(F)cc3)nc3cc(F)ccc23)CC1)c1cc(-c2ccc(F)cc2)nc2cc(F)ccc12. The molecule has 6 aromatic rings. The van der Waals surface area contributed by atoms with Crippen LogP contribution in [0, 0.1) is 23.3 Å². The molecule has 1 fully saturated rings. The van der Waals surface area contributed by atoms with Gasteiger partial charge in [-0.05, 0) is 96.1 Å². The van der Waals surface area contributed by atoms with Gasteiger partial charge in [-0.2, -0.15) is 0 Å². The number of hydrogen-bond donors (Lipinski definition) is 2. The van der Waals surface area contributed by atoms with Crippen molar-refractivity contribution >= 4 is 21.8 Å². The number of piperazine rings is 1. The van der Waals surface area contributed by atoms with Crippen LogP contribution >= 0.6 is 0 Å². The first-order chi connectivity index (χ1) is 23.2. The van der Waals surface area contributed by atoms with E-state index in [0.29, 0.717) is 94.7 Å². The van der Waals surface area contributed by atoms with Crippen LogP contribution in [-0.2, 0) is 0 Å². The highest BCUT2D eigenvalue weighted by Crippen LogP contribution is 2.32. The van der Waals surface area contributed by atoms with Crippen molar-refractivity contribution in [3.63, 3.8) is 0 Å². The molecular weight excluding hydrogens is 620 g/mol. The lowest BCUT2D eigenvalue weighted by molar-refractivity contribution is 0.0489. The van der Waals surface area contributed by atoms with Crippen molar-refractivity contribution in [3.05, 3.63) is 131 Å². The highest BCUT2D eigenvalue weighted by Gasteiger charge is 2.25. The lowest BCUT2D eigenvalue weighted by Crippen LogP contribution is -2.48. The summed E-state index contributed by atoms with van der Waals surface area (Å²) in [4.78, 5) is 13.4. The molecule has 1 aliphatic heterocycles. The molecule has 7 rings (SSSR count). The van der Waals surface area contributed by atoms with Crippen LogP contribution in [0.2, 0.25) is 0 Å². The summed E-state index contributed by atoms with van der Waals surface area (Å²) < 4.78 is 55.4. The standard InChI is InChI=1S/C38H32F4N4O2/c39-25-5-1-23(2-6-25)33-19-31(29-11-9-27(41)17-35(29)43-33)37(47)21-45-13-15-46(16-14-45)22-38(48)32-20-34(24-3-7-26(40)8-4-24)44-36-18-28(42)10-12-30(32)36/h1-12,17-20,37-38,47-48H,13-16,21-22H2. The van der Waals surface area contributed by atoms with E-state index in [1.807, 2.05) is 0 Å². The number of aliphatic hydroxyl groups excluding tert-OH is 2. The van der Waals surface area contributed by atoms with Crippen LogP contribution in [0.1, 0.15) is 23.3 Å². The Morgan fingerprint density at radius 2 is 0.854 bits per heavy atom. The number of nitrogens with zero attached hydrogens (tertiary/aromatic N) is 4. The van der Waals surface area contributed by atoms with E-state index in [9.17, 15) is 27.8 Å². The second-order valence-electron chi connectivity index (χ2n) is 12.2. The summed E-state index contributed by atoms with van der Waals surface area (Å²) in [6, 6.07) is 23.8. The summed E-state index contributed by atoms with van der Waals surface area (Å²) >= 11 is 0. The minimum absolute atomic E-state index is 0.331. The van der Waals surface area contributed by atoms with Crippen molar-refractivity contribution < 1.29 is 27.8 Å². The predicted octanol–water partition coefficient (Wildman–Crippen LogP) is 7.06. The molecule has 2 aromatic heterocycles. The first-order valence-electron chi connectivity index (χ1n) is 15.7. The number of aromatic nitrogens is 2. The smallest absolute Gasteiger partial charge is 0.125 e. The molecule has 10 heteroatoms. The van der Waals surface area contributed by atoms with Crippen LogP contribution in [0.3, 0.4) is 0 Å². The molecule has 2 N–H and O–H groups in total. The Hall–Kier alpha value is -4.74. The highest BCUT2D eigenvalue weighted by atomic mass is 19.1. The number of aliphatic hydroxyl groups is 2. The number of β-amino-alcohol motifs (C(OH)–C–C–N with tert-alkyl or cyclic N) is 2. The minimum atomic E-state index is -0.897. The van der Waals surface area contributed by atoms with E-state index in [1.54, 1.807) is 48.5 Å². The van der Waals surface area contributed by atoms with Crippen LogP contribution in [0.5, 0.6) is 0 Å². The van der Waals surface area contributed by atoms with Crippen molar-refractivity contribution in [1.29, 1.82) is 0 Å². The maximum atomic E-state index is 14.2. The van der Waals surface area contributed by atoms with Gasteiger partial charge in [-0.1, -0.05) is 0 Å². The summed E-state index contributed by atoms with van der Waals surface area (Å²) in [6.45, 7) is 3.20. The largest absolute Gasteiger partial charge is 0.387 e. The summed E-state index contributed by atoms with van der Waals surface area (Å²) in [7, 11) is 0. The van der Waals surface area contributed by atoms with Crippen LogP contribution in [0.25, 0.3) is 44.3 Å². The van der Waals surface area contributed by atoms with Gasteiger partial charge in [0.1, 0.15) is 23.3 Å². The van der Waals surface area contributed by atoms with Gasteiger partial charge in [0.15, 0.2) is 0 Å². The topological polar surface area (TPSA) is 72.7 Å². The molecule has 0 amide bonds. The lowest BCUT2D eigenvalue weighted by atomic mass is 9.99. The zero-order chi connectivity index (χ0) is 33.4. The number of halogens is 4. The third-order valence-electron chi connectivity index (χ3n) is 8.93. The Kier molecular flexibility index (Phi) is 8.89. The van der Waals surface area contributed by atoms with E-state index in [-0.39, 0.29) is 11.6 Å². The lowest BCUT2D eigenvalue weighted by Gasteiger charge is -2.36. The van der Waals surface area contributed by atoms with Gasteiger partial charge in [0.05, 0.1) is 34.6 Å². The Morgan fingerprint density at radius 1 is 0.500 bits per heavy atom. The Morgan fingerprint density at radius 3 is 1.23 bits per heavy atom. The van der Waals surface area contributed by atoms with Crippen molar-refractivity contribution in [1.82, 2.24) is 19.8 Å². The van der Waals surface area contributed by atoms with Gasteiger partial charge in [-0.15, -0.1) is 0 Å². The first-order valence-corrected chi connectivity index (χ1v) is 15.7. The predicted molar refractivity (Wildman–Crippen MR) is 177 cm³/mol. The molecule has 2 unspecified atom stereocenters. The maximum absolute atomic E-state index is 14.2. The summed E-state index contributed by atoms with van der Waals surface area (Å²) in [5.41, 5.74) is 4.34.